The molecule has 0 bridgehead atoms. The molecule has 1 N–H and O–H groups in total. The van der Waals surface area contributed by atoms with Crippen LogP contribution in [0.5, 0.6) is 0 Å². The number of piperazine rings is 1. The molecule has 3 rings (SSSR count). The van der Waals surface area contributed by atoms with Crippen molar-refractivity contribution in [2.75, 3.05) is 39.3 Å². The number of likely N-dealkylation sites (N-methyl/N-ethyl adjacent to an activating group) is 1. The third-order valence-electron chi connectivity index (χ3n) is 4.94. The van der Waals surface area contributed by atoms with Gasteiger partial charge in [0.25, 0.3) is 0 Å². The van der Waals surface area contributed by atoms with Gasteiger partial charge in [-0.15, -0.1) is 0 Å². The zero-order chi connectivity index (χ0) is 17.2. The molecule has 1 aromatic carbocycles. The van der Waals surface area contributed by atoms with E-state index in [1.165, 1.54) is 0 Å². The lowest BCUT2D eigenvalue weighted by molar-refractivity contribution is -0.136. The number of amides is 2. The summed E-state index contributed by atoms with van der Waals surface area (Å²) in [6.45, 7) is 5.83. The van der Waals surface area contributed by atoms with Gasteiger partial charge in [-0.25, -0.2) is 0 Å². The average molecular weight is 350 g/mol. The van der Waals surface area contributed by atoms with Crippen molar-refractivity contribution in [3.8, 4) is 0 Å². The van der Waals surface area contributed by atoms with Crippen LogP contribution in [0.1, 0.15) is 25.3 Å². The third-order valence-corrected chi connectivity index (χ3v) is 5.17. The molecule has 2 fully saturated rings. The molecule has 0 aromatic heterocycles. The van der Waals surface area contributed by atoms with Gasteiger partial charge in [-0.2, -0.15) is 0 Å². The Morgan fingerprint density at radius 2 is 1.92 bits per heavy atom. The molecule has 1 saturated carbocycles. The van der Waals surface area contributed by atoms with E-state index in [1.807, 2.05) is 36.1 Å². The maximum atomic E-state index is 13.0. The fraction of sp³-hybridized carbons (Fsp3) is 0.556. The summed E-state index contributed by atoms with van der Waals surface area (Å²) in [5.74, 6) is 0.261. The number of rotatable bonds is 5. The van der Waals surface area contributed by atoms with Crippen LogP contribution >= 0.6 is 11.6 Å². The van der Waals surface area contributed by atoms with Gasteiger partial charge in [0.05, 0.1) is 12.0 Å². The monoisotopic (exact) mass is 349 g/mol. The van der Waals surface area contributed by atoms with E-state index in [1.54, 1.807) is 0 Å². The van der Waals surface area contributed by atoms with Gasteiger partial charge in [-0.05, 0) is 37.5 Å². The maximum absolute atomic E-state index is 13.0. The molecule has 1 heterocycles. The summed E-state index contributed by atoms with van der Waals surface area (Å²) in [5, 5.41) is 3.49. The molecule has 0 unspecified atom stereocenters. The summed E-state index contributed by atoms with van der Waals surface area (Å²) < 4.78 is 0. The molecule has 2 amide bonds. The Kier molecular flexibility index (Phi) is 5.11. The van der Waals surface area contributed by atoms with Crippen LogP contribution in [0.4, 0.5) is 0 Å². The summed E-state index contributed by atoms with van der Waals surface area (Å²) in [6, 6.07) is 7.67. The van der Waals surface area contributed by atoms with E-state index < -0.39 is 0 Å². The Balaban J connectivity index is 1.59. The van der Waals surface area contributed by atoms with Gasteiger partial charge in [-0.1, -0.05) is 23.7 Å². The van der Waals surface area contributed by atoms with Crippen LogP contribution in [0.2, 0.25) is 5.02 Å². The van der Waals surface area contributed by atoms with E-state index in [9.17, 15) is 9.59 Å². The van der Waals surface area contributed by atoms with Crippen molar-refractivity contribution in [1.82, 2.24) is 15.1 Å². The van der Waals surface area contributed by atoms with E-state index in [0.717, 1.165) is 31.5 Å². The molecule has 24 heavy (non-hydrogen) atoms. The highest BCUT2D eigenvalue weighted by atomic mass is 35.5. The van der Waals surface area contributed by atoms with E-state index in [4.69, 9.17) is 11.6 Å². The van der Waals surface area contributed by atoms with Gasteiger partial charge >= 0.3 is 0 Å². The third kappa shape index (κ3) is 3.57. The average Bonchev–Trinajstić information content (AvgIpc) is 3.37. The van der Waals surface area contributed by atoms with Gasteiger partial charge < -0.3 is 10.2 Å². The molecule has 0 radical (unpaired) electrons. The van der Waals surface area contributed by atoms with Crippen LogP contribution in [0, 0.1) is 0 Å². The lowest BCUT2D eigenvalue weighted by Gasteiger charge is -2.36. The number of halogens is 1. The van der Waals surface area contributed by atoms with Crippen molar-refractivity contribution in [3.63, 3.8) is 0 Å². The summed E-state index contributed by atoms with van der Waals surface area (Å²) in [7, 11) is 0. The Labute approximate surface area is 147 Å². The molecule has 2 aliphatic rings. The molecule has 6 heteroatoms. The second-order valence-electron chi connectivity index (χ2n) is 6.61. The molecule has 1 saturated heterocycles. The number of hydrogen-bond donors (Lipinski definition) is 1. The molecule has 5 nitrogen and oxygen atoms in total. The van der Waals surface area contributed by atoms with Gasteiger partial charge in [0, 0.05) is 37.7 Å². The number of benzene rings is 1. The van der Waals surface area contributed by atoms with Crippen molar-refractivity contribution in [1.29, 1.82) is 0 Å². The number of nitrogens with zero attached hydrogens (tertiary/aromatic N) is 2. The van der Waals surface area contributed by atoms with Crippen molar-refractivity contribution < 1.29 is 9.59 Å². The van der Waals surface area contributed by atoms with Crippen LogP contribution in [0.3, 0.4) is 0 Å². The fourth-order valence-corrected chi connectivity index (χ4v) is 3.60. The molecule has 1 aliphatic carbocycles. The van der Waals surface area contributed by atoms with Gasteiger partial charge in [0.2, 0.25) is 11.8 Å². The van der Waals surface area contributed by atoms with Gasteiger partial charge in [0.15, 0.2) is 0 Å². The predicted octanol–water partition coefficient (Wildman–Crippen LogP) is 1.65. The highest BCUT2D eigenvalue weighted by molar-refractivity contribution is 6.30. The summed E-state index contributed by atoms with van der Waals surface area (Å²) in [5.41, 5.74) is 0.664. The summed E-state index contributed by atoms with van der Waals surface area (Å²) >= 11 is 6.09. The van der Waals surface area contributed by atoms with Crippen LogP contribution in [0.25, 0.3) is 0 Å². The van der Waals surface area contributed by atoms with Crippen LogP contribution < -0.4 is 5.32 Å². The number of carbonyl (C=O) groups is 2. The maximum Gasteiger partial charge on any atom is 0.234 e. The number of hydrogen-bond acceptors (Lipinski definition) is 3. The van der Waals surface area contributed by atoms with Crippen LogP contribution in [-0.4, -0.2) is 60.9 Å². The largest absolute Gasteiger partial charge is 0.355 e. The summed E-state index contributed by atoms with van der Waals surface area (Å²) in [4.78, 5) is 28.7. The lowest BCUT2D eigenvalue weighted by Crippen LogP contribution is -2.53. The minimum atomic E-state index is -0.368. The highest BCUT2D eigenvalue weighted by Gasteiger charge is 2.53. The smallest absolute Gasteiger partial charge is 0.234 e. The molecular weight excluding hydrogens is 326 g/mol. The molecule has 0 spiro atoms. The second-order valence-corrected chi connectivity index (χ2v) is 7.05. The van der Waals surface area contributed by atoms with Crippen LogP contribution in [0.15, 0.2) is 24.3 Å². The topological polar surface area (TPSA) is 52.7 Å². The van der Waals surface area contributed by atoms with Crippen molar-refractivity contribution in [3.05, 3.63) is 34.9 Å². The Hall–Kier alpha value is -1.59. The van der Waals surface area contributed by atoms with E-state index in [2.05, 4.69) is 10.2 Å². The zero-order valence-electron chi connectivity index (χ0n) is 14.1. The van der Waals surface area contributed by atoms with Crippen molar-refractivity contribution >= 4 is 23.4 Å². The van der Waals surface area contributed by atoms with E-state index >= 15 is 0 Å². The summed E-state index contributed by atoms with van der Waals surface area (Å²) in [6.07, 6.45) is 1.79. The minimum Gasteiger partial charge on any atom is -0.355 e. The first kappa shape index (κ1) is 17.2. The first-order valence-corrected chi connectivity index (χ1v) is 8.97. The standard InChI is InChI=1S/C18H24ClN3O2/c1-2-20-16(23)13-21-8-10-22(11-9-21)17(24)18(6-7-18)14-4-3-5-15(19)12-14/h3-5,12H,2,6-11,13H2,1H3,(H,20,23). The SMILES string of the molecule is CCNC(=O)CN1CCN(C(=O)C2(c3cccc(Cl)c3)CC2)CC1. The zero-order valence-corrected chi connectivity index (χ0v) is 14.8. The number of carbonyl (C=O) groups excluding carboxylic acids is 2. The minimum absolute atomic E-state index is 0.0508. The first-order valence-electron chi connectivity index (χ1n) is 8.59. The van der Waals surface area contributed by atoms with Crippen LogP contribution in [-0.2, 0) is 15.0 Å². The fourth-order valence-electron chi connectivity index (χ4n) is 3.41. The Morgan fingerprint density at radius 1 is 1.21 bits per heavy atom. The molecule has 1 aliphatic heterocycles. The molecule has 130 valence electrons. The predicted molar refractivity (Wildman–Crippen MR) is 94.1 cm³/mol. The Bertz CT molecular complexity index is 622. The first-order chi connectivity index (χ1) is 11.5. The van der Waals surface area contributed by atoms with Crippen molar-refractivity contribution in [2.24, 2.45) is 0 Å². The van der Waals surface area contributed by atoms with E-state index in [-0.39, 0.29) is 17.2 Å². The highest BCUT2D eigenvalue weighted by Crippen LogP contribution is 2.50. The molecule has 1 aromatic rings. The van der Waals surface area contributed by atoms with E-state index in [0.29, 0.717) is 31.2 Å². The second kappa shape index (κ2) is 7.11. The number of nitrogens with one attached hydrogen (secondary N) is 1. The normalized spacial score (nSPS) is 19.8. The van der Waals surface area contributed by atoms with Gasteiger partial charge in [0.1, 0.15) is 0 Å². The quantitative estimate of drug-likeness (QED) is 0.879. The van der Waals surface area contributed by atoms with Crippen molar-refractivity contribution in [2.45, 2.75) is 25.2 Å². The molecular formula is C18H24ClN3O2. The lowest BCUT2D eigenvalue weighted by atomic mass is 9.94. The van der Waals surface area contributed by atoms with Gasteiger partial charge in [-0.3, -0.25) is 14.5 Å². The Morgan fingerprint density at radius 3 is 2.50 bits per heavy atom. The molecule has 0 atom stereocenters.